The van der Waals surface area contributed by atoms with E-state index in [1.54, 1.807) is 6.08 Å². The van der Waals surface area contributed by atoms with Crippen LogP contribution in [0.2, 0.25) is 0 Å². The molecule has 0 aromatic carbocycles. The van der Waals surface area contributed by atoms with Crippen LogP contribution in [-0.2, 0) is 4.79 Å². The number of hydrogen-bond acceptors (Lipinski definition) is 3. The van der Waals surface area contributed by atoms with Crippen LogP contribution < -0.4 is 0 Å². The number of likely N-dealkylation sites (tertiary alicyclic amines) is 1. The Labute approximate surface area is 110 Å². The van der Waals surface area contributed by atoms with Gasteiger partial charge in [-0.3, -0.25) is 9.69 Å². The molecule has 0 aliphatic carbocycles. The highest BCUT2D eigenvalue weighted by Crippen LogP contribution is 2.20. The smallest absolute Gasteiger partial charge is 0.236 e. The Hall–Kier alpha value is -0.870. The molecular formula is C14H26N2O2. The zero-order valence-electron chi connectivity index (χ0n) is 11.6. The summed E-state index contributed by atoms with van der Waals surface area (Å²) < 4.78 is 0. The molecule has 2 unspecified atom stereocenters. The van der Waals surface area contributed by atoms with Crippen LogP contribution in [0.15, 0.2) is 12.7 Å². The lowest BCUT2D eigenvalue weighted by Gasteiger charge is -2.36. The summed E-state index contributed by atoms with van der Waals surface area (Å²) in [7, 11) is 0. The summed E-state index contributed by atoms with van der Waals surface area (Å²) in [5.41, 5.74) is 0. The Morgan fingerprint density at radius 1 is 1.44 bits per heavy atom. The van der Waals surface area contributed by atoms with Gasteiger partial charge in [-0.2, -0.15) is 0 Å². The third kappa shape index (κ3) is 4.78. The number of hydrogen-bond donors (Lipinski definition) is 1. The van der Waals surface area contributed by atoms with Gasteiger partial charge in [0.05, 0.1) is 13.2 Å². The van der Waals surface area contributed by atoms with E-state index >= 15 is 0 Å². The third-order valence-corrected chi connectivity index (χ3v) is 3.38. The monoisotopic (exact) mass is 254 g/mol. The summed E-state index contributed by atoms with van der Waals surface area (Å²) in [4.78, 5) is 16.1. The van der Waals surface area contributed by atoms with Crippen LogP contribution in [0.3, 0.4) is 0 Å². The Morgan fingerprint density at radius 3 is 2.56 bits per heavy atom. The second-order valence-electron chi connectivity index (χ2n) is 5.49. The van der Waals surface area contributed by atoms with Gasteiger partial charge in [0.2, 0.25) is 5.91 Å². The van der Waals surface area contributed by atoms with Gasteiger partial charge in [-0.1, -0.05) is 19.9 Å². The highest BCUT2D eigenvalue weighted by molar-refractivity contribution is 5.78. The first-order valence-electron chi connectivity index (χ1n) is 6.78. The molecule has 1 fully saturated rings. The first-order valence-corrected chi connectivity index (χ1v) is 6.78. The minimum Gasteiger partial charge on any atom is -0.395 e. The molecule has 1 aliphatic rings. The van der Waals surface area contributed by atoms with Crippen LogP contribution in [0.25, 0.3) is 0 Å². The highest BCUT2D eigenvalue weighted by Gasteiger charge is 2.25. The van der Waals surface area contributed by atoms with Crippen molar-refractivity contribution in [1.82, 2.24) is 9.80 Å². The summed E-state index contributed by atoms with van der Waals surface area (Å²) >= 11 is 0. The number of nitrogens with zero attached hydrogens (tertiary/aromatic N) is 2. The topological polar surface area (TPSA) is 43.8 Å². The minimum atomic E-state index is 0.0773. The number of aliphatic hydroxyl groups excluding tert-OH is 1. The number of aliphatic hydroxyl groups is 1. The molecule has 1 amide bonds. The summed E-state index contributed by atoms with van der Waals surface area (Å²) in [5, 5.41) is 8.97. The van der Waals surface area contributed by atoms with Crippen LogP contribution in [0, 0.1) is 11.8 Å². The lowest BCUT2D eigenvalue weighted by Crippen LogP contribution is -2.47. The minimum absolute atomic E-state index is 0.0773. The van der Waals surface area contributed by atoms with Crippen molar-refractivity contribution < 1.29 is 9.90 Å². The predicted molar refractivity (Wildman–Crippen MR) is 73.2 cm³/mol. The average molecular weight is 254 g/mol. The molecular weight excluding hydrogens is 228 g/mol. The molecule has 1 aliphatic heterocycles. The molecule has 1 heterocycles. The molecule has 4 nitrogen and oxygen atoms in total. The fourth-order valence-electron chi connectivity index (χ4n) is 2.72. The Bertz CT molecular complexity index is 271. The summed E-state index contributed by atoms with van der Waals surface area (Å²) in [5.74, 6) is 1.34. The van der Waals surface area contributed by atoms with E-state index in [2.05, 4.69) is 20.4 Å². The van der Waals surface area contributed by atoms with Gasteiger partial charge in [0.15, 0.2) is 0 Å². The molecule has 1 N–H and O–H groups in total. The van der Waals surface area contributed by atoms with Crippen molar-refractivity contribution >= 4 is 5.91 Å². The van der Waals surface area contributed by atoms with E-state index in [9.17, 15) is 4.79 Å². The molecule has 0 saturated carbocycles. The van der Waals surface area contributed by atoms with E-state index in [1.807, 2.05) is 9.80 Å². The Kier molecular flexibility index (Phi) is 6.36. The number of rotatable bonds is 6. The Morgan fingerprint density at radius 2 is 2.06 bits per heavy atom. The molecule has 18 heavy (non-hydrogen) atoms. The van der Waals surface area contributed by atoms with Gasteiger partial charge in [-0.25, -0.2) is 0 Å². The largest absolute Gasteiger partial charge is 0.395 e. The second-order valence-corrected chi connectivity index (χ2v) is 5.49. The molecule has 0 radical (unpaired) electrons. The van der Waals surface area contributed by atoms with Crippen LogP contribution in [-0.4, -0.2) is 60.1 Å². The molecule has 0 spiro atoms. The molecule has 0 bridgehead atoms. The average Bonchev–Trinajstić information content (AvgIpc) is 2.28. The van der Waals surface area contributed by atoms with Gasteiger partial charge in [0, 0.05) is 26.2 Å². The second kappa shape index (κ2) is 7.54. The lowest BCUT2D eigenvalue weighted by atomic mass is 9.92. The fourth-order valence-corrected chi connectivity index (χ4v) is 2.72. The number of carbonyl (C=O) groups excluding carboxylic acids is 1. The lowest BCUT2D eigenvalue weighted by molar-refractivity contribution is -0.135. The van der Waals surface area contributed by atoms with Crippen molar-refractivity contribution in [3.63, 3.8) is 0 Å². The molecule has 1 saturated heterocycles. The fraction of sp³-hybridized carbons (Fsp3) is 0.786. The normalized spacial score (nSPS) is 24.3. The van der Waals surface area contributed by atoms with Gasteiger partial charge in [0.1, 0.15) is 0 Å². The Balaban J connectivity index is 2.49. The highest BCUT2D eigenvalue weighted by atomic mass is 16.3. The van der Waals surface area contributed by atoms with E-state index in [4.69, 9.17) is 5.11 Å². The maximum absolute atomic E-state index is 12.2. The van der Waals surface area contributed by atoms with Crippen molar-refractivity contribution in [2.24, 2.45) is 11.8 Å². The third-order valence-electron chi connectivity index (χ3n) is 3.38. The zero-order valence-corrected chi connectivity index (χ0v) is 11.6. The summed E-state index contributed by atoms with van der Waals surface area (Å²) in [6.07, 6.45) is 2.97. The van der Waals surface area contributed by atoms with Crippen LogP contribution >= 0.6 is 0 Å². The van der Waals surface area contributed by atoms with Gasteiger partial charge in [-0.05, 0) is 18.3 Å². The van der Waals surface area contributed by atoms with Crippen LogP contribution in [0.5, 0.6) is 0 Å². The molecule has 0 aromatic rings. The number of amides is 1. The predicted octanol–water partition coefficient (Wildman–Crippen LogP) is 0.971. The van der Waals surface area contributed by atoms with E-state index < -0.39 is 0 Å². The SMILES string of the molecule is C=CCN(CCO)CC(=O)N1CC(C)CC(C)C1. The van der Waals surface area contributed by atoms with Crippen molar-refractivity contribution in [2.45, 2.75) is 20.3 Å². The van der Waals surface area contributed by atoms with Crippen molar-refractivity contribution in [2.75, 3.05) is 39.3 Å². The maximum Gasteiger partial charge on any atom is 0.236 e. The van der Waals surface area contributed by atoms with E-state index in [0.29, 0.717) is 31.5 Å². The first kappa shape index (κ1) is 15.2. The van der Waals surface area contributed by atoms with Gasteiger partial charge in [0.25, 0.3) is 0 Å². The zero-order chi connectivity index (χ0) is 13.5. The van der Waals surface area contributed by atoms with Crippen molar-refractivity contribution in [3.8, 4) is 0 Å². The van der Waals surface area contributed by atoms with Crippen molar-refractivity contribution in [1.29, 1.82) is 0 Å². The molecule has 2 atom stereocenters. The first-order chi connectivity index (χ1) is 8.56. The number of carbonyl (C=O) groups is 1. The number of piperidine rings is 1. The molecule has 4 heteroatoms. The maximum atomic E-state index is 12.2. The summed E-state index contributed by atoms with van der Waals surface area (Å²) in [6, 6.07) is 0. The van der Waals surface area contributed by atoms with E-state index in [1.165, 1.54) is 6.42 Å². The van der Waals surface area contributed by atoms with Crippen molar-refractivity contribution in [3.05, 3.63) is 12.7 Å². The standard InChI is InChI=1S/C14H26N2O2/c1-4-5-15(6-7-17)11-14(18)16-9-12(2)8-13(3)10-16/h4,12-13,17H,1,5-11H2,2-3H3. The van der Waals surface area contributed by atoms with Gasteiger partial charge >= 0.3 is 0 Å². The molecule has 0 aromatic heterocycles. The molecule has 104 valence electrons. The van der Waals surface area contributed by atoms with E-state index in [0.717, 1.165) is 13.1 Å². The van der Waals surface area contributed by atoms with E-state index in [-0.39, 0.29) is 12.5 Å². The quantitative estimate of drug-likeness (QED) is 0.718. The van der Waals surface area contributed by atoms with Crippen LogP contribution in [0.4, 0.5) is 0 Å². The van der Waals surface area contributed by atoms with Gasteiger partial charge < -0.3 is 10.0 Å². The van der Waals surface area contributed by atoms with Gasteiger partial charge in [-0.15, -0.1) is 6.58 Å². The molecule has 1 rings (SSSR count). The van der Waals surface area contributed by atoms with Crippen LogP contribution in [0.1, 0.15) is 20.3 Å². The summed E-state index contributed by atoms with van der Waals surface area (Å²) in [6.45, 7) is 11.4.